The molecule has 0 unspecified atom stereocenters. The number of aromatic nitrogens is 2. The van der Waals surface area contributed by atoms with Gasteiger partial charge in [-0.25, -0.2) is 9.97 Å². The number of hydrogen-bond acceptors (Lipinski definition) is 6. The smallest absolute Gasteiger partial charge is 0.142 e. The molecule has 0 atom stereocenters. The van der Waals surface area contributed by atoms with Crippen LogP contribution in [0.1, 0.15) is 10.4 Å². The largest absolute Gasteiger partial charge is 0.508 e. The highest BCUT2D eigenvalue weighted by atomic mass is 35.5. The number of thiophene rings is 1. The summed E-state index contributed by atoms with van der Waals surface area (Å²) in [7, 11) is 0. The highest BCUT2D eigenvalue weighted by Gasteiger charge is 2.20. The molecular weight excluding hydrogens is 320 g/mol. The summed E-state index contributed by atoms with van der Waals surface area (Å²) in [5, 5.41) is 17.9. The molecule has 1 aliphatic heterocycles. The van der Waals surface area contributed by atoms with E-state index in [1.165, 1.54) is 10.4 Å². The van der Waals surface area contributed by atoms with Crippen molar-refractivity contribution in [2.24, 2.45) is 0 Å². The monoisotopic (exact) mass is 332 g/mol. The quantitative estimate of drug-likeness (QED) is 0.670. The SMILES string of the molecule is Oc1ccc(Cl)c(Nc2ncnc3sc4c(c23)CCNC4)c1. The maximum absolute atomic E-state index is 9.64. The Bertz CT molecular complexity index is 864. The van der Waals surface area contributed by atoms with Crippen molar-refractivity contribution >= 4 is 44.7 Å². The number of nitrogens with one attached hydrogen (secondary N) is 2. The highest BCUT2D eigenvalue weighted by Crippen LogP contribution is 2.37. The topological polar surface area (TPSA) is 70.1 Å². The van der Waals surface area contributed by atoms with Crippen molar-refractivity contribution in [3.63, 3.8) is 0 Å². The van der Waals surface area contributed by atoms with E-state index in [0.29, 0.717) is 10.7 Å². The maximum Gasteiger partial charge on any atom is 0.142 e. The van der Waals surface area contributed by atoms with Gasteiger partial charge in [0.2, 0.25) is 0 Å². The van der Waals surface area contributed by atoms with Crippen molar-refractivity contribution in [3.05, 3.63) is 40.0 Å². The molecule has 3 heterocycles. The fraction of sp³-hybridized carbons (Fsp3) is 0.200. The number of halogens is 1. The fourth-order valence-electron chi connectivity index (χ4n) is 2.69. The molecule has 7 heteroatoms. The van der Waals surface area contributed by atoms with Gasteiger partial charge in [0, 0.05) is 17.5 Å². The van der Waals surface area contributed by atoms with Gasteiger partial charge >= 0.3 is 0 Å². The van der Waals surface area contributed by atoms with Crippen LogP contribution in [0, 0.1) is 0 Å². The van der Waals surface area contributed by atoms with Gasteiger partial charge in [-0.05, 0) is 30.7 Å². The predicted octanol–water partition coefficient (Wildman–Crippen LogP) is 3.44. The number of benzene rings is 1. The average molecular weight is 333 g/mol. The van der Waals surface area contributed by atoms with E-state index >= 15 is 0 Å². The Morgan fingerprint density at radius 3 is 3.14 bits per heavy atom. The standard InChI is InChI=1S/C15H13ClN4OS/c16-10-2-1-8(21)5-11(10)20-14-13-9-3-4-17-6-12(9)22-15(13)19-7-18-14/h1-2,5,7,17,21H,3-4,6H2,(H,18,19,20). The van der Waals surface area contributed by atoms with Crippen LogP contribution in [-0.2, 0) is 13.0 Å². The molecule has 4 rings (SSSR count). The van der Waals surface area contributed by atoms with E-state index in [1.54, 1.807) is 35.9 Å². The molecule has 3 aromatic rings. The van der Waals surface area contributed by atoms with Gasteiger partial charge in [0.1, 0.15) is 22.7 Å². The summed E-state index contributed by atoms with van der Waals surface area (Å²) < 4.78 is 0. The van der Waals surface area contributed by atoms with Crippen molar-refractivity contribution in [1.82, 2.24) is 15.3 Å². The highest BCUT2D eigenvalue weighted by molar-refractivity contribution is 7.19. The summed E-state index contributed by atoms with van der Waals surface area (Å²) in [6.45, 7) is 1.84. The van der Waals surface area contributed by atoms with E-state index in [9.17, 15) is 5.11 Å². The first kappa shape index (κ1) is 13.8. The van der Waals surface area contributed by atoms with Gasteiger partial charge in [-0.15, -0.1) is 11.3 Å². The third-order valence-corrected chi connectivity index (χ3v) is 5.18. The minimum Gasteiger partial charge on any atom is -0.508 e. The van der Waals surface area contributed by atoms with Crippen molar-refractivity contribution in [3.8, 4) is 5.75 Å². The van der Waals surface area contributed by atoms with E-state index in [2.05, 4.69) is 20.6 Å². The lowest BCUT2D eigenvalue weighted by molar-refractivity contribution is 0.475. The molecule has 22 heavy (non-hydrogen) atoms. The van der Waals surface area contributed by atoms with Gasteiger partial charge in [0.25, 0.3) is 0 Å². The van der Waals surface area contributed by atoms with E-state index in [1.807, 2.05) is 0 Å². The van der Waals surface area contributed by atoms with Crippen LogP contribution in [0.5, 0.6) is 5.75 Å². The molecule has 2 aromatic heterocycles. The third-order valence-electron chi connectivity index (χ3n) is 3.71. The van der Waals surface area contributed by atoms with Crippen LogP contribution in [0.3, 0.4) is 0 Å². The van der Waals surface area contributed by atoms with Gasteiger partial charge in [-0.2, -0.15) is 0 Å². The Balaban J connectivity index is 1.84. The van der Waals surface area contributed by atoms with Crippen molar-refractivity contribution in [2.75, 3.05) is 11.9 Å². The van der Waals surface area contributed by atoms with Crippen LogP contribution in [0.15, 0.2) is 24.5 Å². The summed E-state index contributed by atoms with van der Waals surface area (Å²) >= 11 is 7.89. The summed E-state index contributed by atoms with van der Waals surface area (Å²) in [6.07, 6.45) is 2.52. The van der Waals surface area contributed by atoms with Crippen LogP contribution in [0.2, 0.25) is 5.02 Å². The van der Waals surface area contributed by atoms with Crippen LogP contribution in [-0.4, -0.2) is 21.6 Å². The lowest BCUT2D eigenvalue weighted by Crippen LogP contribution is -2.22. The number of anilines is 2. The average Bonchev–Trinajstić information content (AvgIpc) is 2.90. The number of aromatic hydroxyl groups is 1. The molecule has 0 spiro atoms. The van der Waals surface area contributed by atoms with E-state index in [-0.39, 0.29) is 5.75 Å². The molecule has 1 aliphatic rings. The van der Waals surface area contributed by atoms with Crippen molar-refractivity contribution in [2.45, 2.75) is 13.0 Å². The lowest BCUT2D eigenvalue weighted by Gasteiger charge is -2.14. The Kier molecular flexibility index (Phi) is 3.37. The van der Waals surface area contributed by atoms with E-state index in [0.717, 1.165) is 35.5 Å². The molecule has 3 N–H and O–H groups in total. The zero-order valence-corrected chi connectivity index (χ0v) is 13.1. The first-order chi connectivity index (χ1) is 10.7. The first-order valence-corrected chi connectivity index (χ1v) is 8.13. The van der Waals surface area contributed by atoms with E-state index < -0.39 is 0 Å². The minimum absolute atomic E-state index is 0.161. The second kappa shape index (κ2) is 5.39. The molecule has 0 bridgehead atoms. The van der Waals surface area contributed by atoms with Crippen molar-refractivity contribution < 1.29 is 5.11 Å². The summed E-state index contributed by atoms with van der Waals surface area (Å²) in [4.78, 5) is 11.0. The molecular formula is C15H13ClN4OS. The van der Waals surface area contributed by atoms with Crippen LogP contribution in [0.4, 0.5) is 11.5 Å². The van der Waals surface area contributed by atoms with Crippen LogP contribution in [0.25, 0.3) is 10.2 Å². The summed E-state index contributed by atoms with van der Waals surface area (Å²) in [6, 6.07) is 4.81. The van der Waals surface area contributed by atoms with E-state index in [4.69, 9.17) is 11.6 Å². The number of phenols is 1. The Labute approximate surface area is 136 Å². The molecule has 0 aliphatic carbocycles. The molecule has 5 nitrogen and oxygen atoms in total. The zero-order valence-electron chi connectivity index (χ0n) is 11.6. The predicted molar refractivity (Wildman–Crippen MR) is 89.2 cm³/mol. The van der Waals surface area contributed by atoms with Gasteiger partial charge in [-0.3, -0.25) is 0 Å². The Morgan fingerprint density at radius 2 is 2.23 bits per heavy atom. The molecule has 1 aromatic carbocycles. The van der Waals surface area contributed by atoms with Gasteiger partial charge < -0.3 is 15.7 Å². The number of phenolic OH excluding ortho intramolecular Hbond substituents is 1. The second-order valence-electron chi connectivity index (χ2n) is 5.12. The molecule has 0 radical (unpaired) electrons. The first-order valence-electron chi connectivity index (χ1n) is 6.94. The van der Waals surface area contributed by atoms with Gasteiger partial charge in [0.05, 0.1) is 16.1 Å². The maximum atomic E-state index is 9.64. The van der Waals surface area contributed by atoms with Crippen molar-refractivity contribution in [1.29, 1.82) is 0 Å². The number of rotatable bonds is 2. The number of nitrogens with zero attached hydrogens (tertiary/aromatic N) is 2. The Hall–Kier alpha value is -1.89. The number of fused-ring (bicyclic) bond motifs is 3. The Morgan fingerprint density at radius 1 is 1.32 bits per heavy atom. The zero-order chi connectivity index (χ0) is 15.1. The molecule has 0 amide bonds. The summed E-state index contributed by atoms with van der Waals surface area (Å²) in [5.41, 5.74) is 1.94. The lowest BCUT2D eigenvalue weighted by atomic mass is 10.1. The molecule has 0 saturated heterocycles. The molecule has 112 valence electrons. The minimum atomic E-state index is 0.161. The van der Waals surface area contributed by atoms with Crippen LogP contribution < -0.4 is 10.6 Å². The second-order valence-corrected chi connectivity index (χ2v) is 6.61. The van der Waals surface area contributed by atoms with Gasteiger partial charge in [-0.1, -0.05) is 11.6 Å². The fourth-order valence-corrected chi connectivity index (χ4v) is 4.01. The normalized spacial score (nSPS) is 14.0. The third kappa shape index (κ3) is 2.29. The molecule has 0 saturated carbocycles. The van der Waals surface area contributed by atoms with Crippen LogP contribution >= 0.6 is 22.9 Å². The summed E-state index contributed by atoms with van der Waals surface area (Å²) in [5.74, 6) is 0.894. The molecule has 0 fully saturated rings. The van der Waals surface area contributed by atoms with Gasteiger partial charge in [0.15, 0.2) is 0 Å². The number of hydrogen-bond donors (Lipinski definition) is 3.